The molecule has 1 saturated heterocycles. The van der Waals surface area contributed by atoms with Gasteiger partial charge in [-0.25, -0.2) is 4.98 Å². The number of furan rings is 1. The summed E-state index contributed by atoms with van der Waals surface area (Å²) in [4.78, 5) is 4.30. The first-order valence-corrected chi connectivity index (χ1v) is 4.73. The molecule has 4 heteroatoms. The van der Waals surface area contributed by atoms with Crippen LogP contribution in [0.15, 0.2) is 29.0 Å². The molecule has 14 heavy (non-hydrogen) atoms. The van der Waals surface area contributed by atoms with Gasteiger partial charge in [0.1, 0.15) is 11.4 Å². The molecule has 1 fully saturated rings. The largest absolute Gasteiger partial charge is 0.464 e. The maximum absolute atomic E-state index is 5.30. The van der Waals surface area contributed by atoms with Crippen molar-refractivity contribution in [3.63, 3.8) is 0 Å². The minimum atomic E-state index is 0.503. The Balaban J connectivity index is 1.97. The number of hydrogen-bond acceptors (Lipinski definition) is 4. The molecule has 0 saturated carbocycles. The standard InChI is InChI=1S/C10H11N3O/c1-3-12-10(13-7-5-11-6-7)8-2-4-14-9(1)8/h1-4,7,11H,5-6H2,(H,12,13). The van der Waals surface area contributed by atoms with Crippen LogP contribution < -0.4 is 10.6 Å². The summed E-state index contributed by atoms with van der Waals surface area (Å²) in [5.41, 5.74) is 0.884. The lowest BCUT2D eigenvalue weighted by Crippen LogP contribution is -2.51. The van der Waals surface area contributed by atoms with Gasteiger partial charge in [0, 0.05) is 19.3 Å². The van der Waals surface area contributed by atoms with Gasteiger partial charge in [-0.3, -0.25) is 0 Å². The summed E-state index contributed by atoms with van der Waals surface area (Å²) < 4.78 is 5.30. The summed E-state index contributed by atoms with van der Waals surface area (Å²) in [6.07, 6.45) is 3.46. The Morgan fingerprint density at radius 3 is 3.14 bits per heavy atom. The lowest BCUT2D eigenvalue weighted by atomic mass is 10.2. The van der Waals surface area contributed by atoms with E-state index in [4.69, 9.17) is 4.42 Å². The summed E-state index contributed by atoms with van der Waals surface area (Å²) in [7, 11) is 0. The van der Waals surface area contributed by atoms with Gasteiger partial charge >= 0.3 is 0 Å². The quantitative estimate of drug-likeness (QED) is 0.745. The van der Waals surface area contributed by atoms with E-state index in [2.05, 4.69) is 15.6 Å². The van der Waals surface area contributed by atoms with Crippen LogP contribution in [0.1, 0.15) is 0 Å². The number of pyridine rings is 1. The summed E-state index contributed by atoms with van der Waals surface area (Å²) in [5, 5.41) is 7.64. The molecule has 3 rings (SSSR count). The highest BCUT2D eigenvalue weighted by Crippen LogP contribution is 2.22. The maximum atomic E-state index is 5.30. The van der Waals surface area contributed by atoms with Crippen molar-refractivity contribution in [1.29, 1.82) is 0 Å². The van der Waals surface area contributed by atoms with E-state index >= 15 is 0 Å². The van der Waals surface area contributed by atoms with E-state index < -0.39 is 0 Å². The number of nitrogens with zero attached hydrogens (tertiary/aromatic N) is 1. The Labute approximate surface area is 81.3 Å². The second kappa shape index (κ2) is 2.99. The second-order valence-corrected chi connectivity index (χ2v) is 3.49. The Morgan fingerprint density at radius 2 is 2.36 bits per heavy atom. The summed E-state index contributed by atoms with van der Waals surface area (Å²) in [6.45, 7) is 2.02. The van der Waals surface area contributed by atoms with Crippen LogP contribution in [0.5, 0.6) is 0 Å². The van der Waals surface area contributed by atoms with E-state index in [0.717, 1.165) is 29.9 Å². The minimum absolute atomic E-state index is 0.503. The lowest BCUT2D eigenvalue weighted by molar-refractivity contribution is 0.471. The average Bonchev–Trinajstić information content (AvgIpc) is 2.59. The summed E-state index contributed by atoms with van der Waals surface area (Å²) >= 11 is 0. The maximum Gasteiger partial charge on any atom is 0.139 e. The van der Waals surface area contributed by atoms with Gasteiger partial charge in [0.25, 0.3) is 0 Å². The van der Waals surface area contributed by atoms with Crippen molar-refractivity contribution in [2.45, 2.75) is 6.04 Å². The average molecular weight is 189 g/mol. The molecule has 72 valence electrons. The molecule has 0 aliphatic carbocycles. The number of aromatic nitrogens is 1. The topological polar surface area (TPSA) is 50.1 Å². The van der Waals surface area contributed by atoms with Gasteiger partial charge in [-0.05, 0) is 12.1 Å². The fourth-order valence-electron chi connectivity index (χ4n) is 1.59. The van der Waals surface area contributed by atoms with Crippen molar-refractivity contribution in [2.75, 3.05) is 18.4 Å². The molecule has 1 aliphatic rings. The van der Waals surface area contributed by atoms with Crippen molar-refractivity contribution >= 4 is 16.8 Å². The zero-order valence-corrected chi connectivity index (χ0v) is 7.66. The van der Waals surface area contributed by atoms with Crippen LogP contribution in [0.4, 0.5) is 5.82 Å². The molecule has 0 spiro atoms. The normalized spacial score (nSPS) is 16.9. The monoisotopic (exact) mass is 189 g/mol. The van der Waals surface area contributed by atoms with E-state index in [9.17, 15) is 0 Å². The van der Waals surface area contributed by atoms with Crippen LogP contribution in [-0.2, 0) is 0 Å². The minimum Gasteiger partial charge on any atom is -0.464 e. The Hall–Kier alpha value is -1.55. The Bertz CT molecular complexity index is 447. The van der Waals surface area contributed by atoms with Gasteiger partial charge in [0.05, 0.1) is 17.7 Å². The van der Waals surface area contributed by atoms with E-state index in [-0.39, 0.29) is 0 Å². The number of hydrogen-bond donors (Lipinski definition) is 2. The van der Waals surface area contributed by atoms with Crippen molar-refractivity contribution in [1.82, 2.24) is 10.3 Å². The fourth-order valence-corrected chi connectivity index (χ4v) is 1.59. The third-order valence-electron chi connectivity index (χ3n) is 2.50. The van der Waals surface area contributed by atoms with Gasteiger partial charge in [-0.2, -0.15) is 0 Å². The van der Waals surface area contributed by atoms with Crippen LogP contribution >= 0.6 is 0 Å². The molecule has 0 unspecified atom stereocenters. The molecule has 2 aromatic rings. The van der Waals surface area contributed by atoms with Crippen molar-refractivity contribution in [3.8, 4) is 0 Å². The van der Waals surface area contributed by atoms with Crippen LogP contribution in [-0.4, -0.2) is 24.1 Å². The molecule has 3 heterocycles. The van der Waals surface area contributed by atoms with E-state index in [0.29, 0.717) is 6.04 Å². The molecule has 0 bridgehead atoms. The molecule has 4 nitrogen and oxygen atoms in total. The predicted molar refractivity (Wildman–Crippen MR) is 54.3 cm³/mol. The number of anilines is 1. The van der Waals surface area contributed by atoms with Gasteiger partial charge < -0.3 is 15.1 Å². The van der Waals surface area contributed by atoms with Crippen LogP contribution in [0.3, 0.4) is 0 Å². The first-order valence-electron chi connectivity index (χ1n) is 4.73. The first-order chi connectivity index (χ1) is 6.93. The number of nitrogens with one attached hydrogen (secondary N) is 2. The molecule has 1 aliphatic heterocycles. The summed E-state index contributed by atoms with van der Waals surface area (Å²) in [5.74, 6) is 0.919. The van der Waals surface area contributed by atoms with Crippen molar-refractivity contribution < 1.29 is 4.42 Å². The van der Waals surface area contributed by atoms with Crippen LogP contribution in [0, 0.1) is 0 Å². The van der Waals surface area contributed by atoms with Gasteiger partial charge in [0.15, 0.2) is 0 Å². The summed E-state index contributed by atoms with van der Waals surface area (Å²) in [6, 6.07) is 4.32. The van der Waals surface area contributed by atoms with Gasteiger partial charge in [0.2, 0.25) is 0 Å². The third-order valence-corrected chi connectivity index (χ3v) is 2.50. The highest BCUT2D eigenvalue weighted by Gasteiger charge is 2.17. The number of rotatable bonds is 2. The van der Waals surface area contributed by atoms with Crippen molar-refractivity contribution in [2.24, 2.45) is 0 Å². The Kier molecular flexibility index (Phi) is 1.67. The molecule has 0 atom stereocenters. The van der Waals surface area contributed by atoms with E-state index in [1.165, 1.54) is 0 Å². The molecular weight excluding hydrogens is 178 g/mol. The molecule has 0 aromatic carbocycles. The van der Waals surface area contributed by atoms with E-state index in [1.807, 2.05) is 12.1 Å². The fraction of sp³-hybridized carbons (Fsp3) is 0.300. The molecule has 0 radical (unpaired) electrons. The molecular formula is C10H11N3O. The van der Waals surface area contributed by atoms with Gasteiger partial charge in [-0.15, -0.1) is 0 Å². The zero-order chi connectivity index (χ0) is 9.38. The van der Waals surface area contributed by atoms with Crippen LogP contribution in [0.2, 0.25) is 0 Å². The SMILES string of the molecule is c1cc2occc2c(NC2CNC2)n1. The van der Waals surface area contributed by atoms with Crippen LogP contribution in [0.25, 0.3) is 11.0 Å². The molecule has 2 aromatic heterocycles. The molecule has 0 amide bonds. The van der Waals surface area contributed by atoms with Gasteiger partial charge in [-0.1, -0.05) is 0 Å². The Morgan fingerprint density at radius 1 is 1.43 bits per heavy atom. The highest BCUT2D eigenvalue weighted by atomic mass is 16.3. The molecule has 2 N–H and O–H groups in total. The number of fused-ring (bicyclic) bond motifs is 1. The third kappa shape index (κ3) is 1.15. The highest BCUT2D eigenvalue weighted by molar-refractivity contribution is 5.87. The predicted octanol–water partition coefficient (Wildman–Crippen LogP) is 1.21. The lowest BCUT2D eigenvalue weighted by Gasteiger charge is -2.28. The van der Waals surface area contributed by atoms with E-state index in [1.54, 1.807) is 12.5 Å². The smallest absolute Gasteiger partial charge is 0.139 e. The second-order valence-electron chi connectivity index (χ2n) is 3.49. The zero-order valence-electron chi connectivity index (χ0n) is 7.66. The first kappa shape index (κ1) is 7.82. The van der Waals surface area contributed by atoms with Crippen molar-refractivity contribution in [3.05, 3.63) is 24.6 Å².